The average Bonchev–Trinajstić information content (AvgIpc) is 2.93. The van der Waals surface area contributed by atoms with Gasteiger partial charge in [0.25, 0.3) is 0 Å². The van der Waals surface area contributed by atoms with Gasteiger partial charge in [-0.3, -0.25) is 4.79 Å². The zero-order valence-electron chi connectivity index (χ0n) is 13.3. The van der Waals surface area contributed by atoms with Crippen LogP contribution >= 0.6 is 0 Å². The van der Waals surface area contributed by atoms with Gasteiger partial charge < -0.3 is 14.6 Å². The van der Waals surface area contributed by atoms with Crippen molar-refractivity contribution in [2.75, 3.05) is 6.61 Å². The lowest BCUT2D eigenvalue weighted by molar-refractivity contribution is -0.124. The van der Waals surface area contributed by atoms with Crippen LogP contribution in [0.3, 0.4) is 0 Å². The molecule has 1 aromatic heterocycles. The molecule has 1 N–H and O–H groups in total. The van der Waals surface area contributed by atoms with Gasteiger partial charge in [-0.05, 0) is 25.8 Å². The van der Waals surface area contributed by atoms with Crippen molar-refractivity contribution in [2.45, 2.75) is 44.7 Å². The van der Waals surface area contributed by atoms with Crippen LogP contribution in [0.15, 0.2) is 30.5 Å². The van der Waals surface area contributed by atoms with E-state index in [9.17, 15) is 4.79 Å². The molecule has 0 bridgehead atoms. The van der Waals surface area contributed by atoms with E-state index in [2.05, 4.69) is 21.1 Å². The molecule has 2 unspecified atom stereocenters. The zero-order valence-corrected chi connectivity index (χ0v) is 13.3. The second-order valence-electron chi connectivity index (χ2n) is 6.42. The van der Waals surface area contributed by atoms with Crippen LogP contribution in [-0.4, -0.2) is 28.1 Å². The van der Waals surface area contributed by atoms with Crippen LogP contribution in [0.25, 0.3) is 0 Å². The van der Waals surface area contributed by atoms with Crippen molar-refractivity contribution < 1.29 is 9.53 Å². The SMILES string of the molecule is Cc1cn2c(n1)CCC(NC(=O)C1CCOc3ccccc31)C2. The van der Waals surface area contributed by atoms with Crippen LogP contribution in [0.5, 0.6) is 5.75 Å². The van der Waals surface area contributed by atoms with Gasteiger partial charge in [0.1, 0.15) is 11.6 Å². The molecule has 4 rings (SSSR count). The van der Waals surface area contributed by atoms with Crippen molar-refractivity contribution in [3.05, 3.63) is 47.5 Å². The molecule has 2 aliphatic heterocycles. The minimum absolute atomic E-state index is 0.106. The highest BCUT2D eigenvalue weighted by Crippen LogP contribution is 2.33. The molecule has 0 radical (unpaired) electrons. The van der Waals surface area contributed by atoms with Crippen molar-refractivity contribution in [1.82, 2.24) is 14.9 Å². The van der Waals surface area contributed by atoms with Crippen molar-refractivity contribution in [3.63, 3.8) is 0 Å². The highest BCUT2D eigenvalue weighted by Gasteiger charge is 2.30. The summed E-state index contributed by atoms with van der Waals surface area (Å²) in [5.74, 6) is 1.98. The van der Waals surface area contributed by atoms with Gasteiger partial charge >= 0.3 is 0 Å². The number of hydrogen-bond acceptors (Lipinski definition) is 3. The molecule has 2 aliphatic rings. The Morgan fingerprint density at radius 3 is 3.13 bits per heavy atom. The minimum Gasteiger partial charge on any atom is -0.493 e. The first-order chi connectivity index (χ1) is 11.2. The number of benzene rings is 1. The molecule has 5 heteroatoms. The third-order valence-electron chi connectivity index (χ3n) is 4.73. The van der Waals surface area contributed by atoms with E-state index in [0.717, 1.165) is 48.6 Å². The Labute approximate surface area is 135 Å². The average molecular weight is 311 g/mol. The Morgan fingerprint density at radius 1 is 1.35 bits per heavy atom. The number of carbonyl (C=O) groups is 1. The zero-order chi connectivity index (χ0) is 15.8. The minimum atomic E-state index is -0.106. The third kappa shape index (κ3) is 2.71. The van der Waals surface area contributed by atoms with Gasteiger partial charge in [-0.1, -0.05) is 18.2 Å². The van der Waals surface area contributed by atoms with Gasteiger partial charge in [-0.2, -0.15) is 0 Å². The summed E-state index contributed by atoms with van der Waals surface area (Å²) in [4.78, 5) is 17.3. The Kier molecular flexibility index (Phi) is 3.56. The molecule has 2 aromatic rings. The number of nitrogens with zero attached hydrogens (tertiary/aromatic N) is 2. The number of carbonyl (C=O) groups excluding carboxylic acids is 1. The number of para-hydroxylation sites is 1. The maximum Gasteiger partial charge on any atom is 0.228 e. The summed E-state index contributed by atoms with van der Waals surface area (Å²) in [6, 6.07) is 8.03. The number of aromatic nitrogens is 2. The Hall–Kier alpha value is -2.30. The molecule has 0 saturated carbocycles. The van der Waals surface area contributed by atoms with E-state index in [1.807, 2.05) is 31.2 Å². The molecule has 0 fully saturated rings. The summed E-state index contributed by atoms with van der Waals surface area (Å²) >= 11 is 0. The number of fused-ring (bicyclic) bond motifs is 2. The lowest BCUT2D eigenvalue weighted by atomic mass is 9.92. The Bertz CT molecular complexity index is 738. The molecule has 0 saturated heterocycles. The second kappa shape index (κ2) is 5.72. The van der Waals surface area contributed by atoms with Crippen molar-refractivity contribution in [3.8, 4) is 5.75 Å². The maximum absolute atomic E-state index is 12.8. The van der Waals surface area contributed by atoms with Gasteiger partial charge in [-0.15, -0.1) is 0 Å². The summed E-state index contributed by atoms with van der Waals surface area (Å²) in [6.07, 6.45) is 4.68. The predicted octanol–water partition coefficient (Wildman–Crippen LogP) is 2.19. The summed E-state index contributed by atoms with van der Waals surface area (Å²) in [7, 11) is 0. The summed E-state index contributed by atoms with van der Waals surface area (Å²) in [5, 5.41) is 3.24. The third-order valence-corrected chi connectivity index (χ3v) is 4.73. The molecule has 120 valence electrons. The van der Waals surface area contributed by atoms with Crippen molar-refractivity contribution >= 4 is 5.91 Å². The van der Waals surface area contributed by atoms with Gasteiger partial charge in [-0.25, -0.2) is 4.98 Å². The molecular weight excluding hydrogens is 290 g/mol. The maximum atomic E-state index is 12.8. The molecule has 5 nitrogen and oxygen atoms in total. The van der Waals surface area contributed by atoms with Crippen LogP contribution in [0.1, 0.15) is 35.8 Å². The molecule has 2 atom stereocenters. The number of ether oxygens (including phenoxy) is 1. The summed E-state index contributed by atoms with van der Waals surface area (Å²) in [6.45, 7) is 3.43. The van der Waals surface area contributed by atoms with E-state index in [1.165, 1.54) is 0 Å². The van der Waals surface area contributed by atoms with Crippen molar-refractivity contribution in [1.29, 1.82) is 0 Å². The fourth-order valence-corrected chi connectivity index (χ4v) is 3.62. The van der Waals surface area contributed by atoms with Crippen LogP contribution in [-0.2, 0) is 17.8 Å². The lowest BCUT2D eigenvalue weighted by Crippen LogP contribution is -2.43. The fourth-order valence-electron chi connectivity index (χ4n) is 3.62. The van der Waals surface area contributed by atoms with E-state index in [4.69, 9.17) is 4.74 Å². The van der Waals surface area contributed by atoms with Crippen molar-refractivity contribution in [2.24, 2.45) is 0 Å². The van der Waals surface area contributed by atoms with E-state index in [0.29, 0.717) is 6.61 Å². The molecule has 0 aliphatic carbocycles. The smallest absolute Gasteiger partial charge is 0.228 e. The number of rotatable bonds is 2. The summed E-state index contributed by atoms with van der Waals surface area (Å²) < 4.78 is 7.82. The summed E-state index contributed by atoms with van der Waals surface area (Å²) in [5.41, 5.74) is 2.05. The number of amides is 1. The van der Waals surface area contributed by atoms with Gasteiger partial charge in [0, 0.05) is 30.8 Å². The van der Waals surface area contributed by atoms with Crippen LogP contribution < -0.4 is 10.1 Å². The van der Waals surface area contributed by atoms with E-state index in [-0.39, 0.29) is 17.9 Å². The first-order valence-corrected chi connectivity index (χ1v) is 8.25. The Morgan fingerprint density at radius 2 is 2.22 bits per heavy atom. The van der Waals surface area contributed by atoms with Crippen LogP contribution in [0, 0.1) is 6.92 Å². The van der Waals surface area contributed by atoms with Crippen LogP contribution in [0.4, 0.5) is 0 Å². The van der Waals surface area contributed by atoms with Gasteiger partial charge in [0.05, 0.1) is 18.2 Å². The topological polar surface area (TPSA) is 56.2 Å². The van der Waals surface area contributed by atoms with Gasteiger partial charge in [0.15, 0.2) is 0 Å². The predicted molar refractivity (Wildman–Crippen MR) is 86.5 cm³/mol. The number of imidazole rings is 1. The Balaban J connectivity index is 1.47. The highest BCUT2D eigenvalue weighted by molar-refractivity contribution is 5.85. The largest absolute Gasteiger partial charge is 0.493 e. The quantitative estimate of drug-likeness (QED) is 0.925. The number of aryl methyl sites for hydroxylation is 2. The monoisotopic (exact) mass is 311 g/mol. The molecular formula is C18H21N3O2. The number of nitrogens with one attached hydrogen (secondary N) is 1. The molecule has 3 heterocycles. The van der Waals surface area contributed by atoms with Gasteiger partial charge in [0.2, 0.25) is 5.91 Å². The molecule has 1 amide bonds. The lowest BCUT2D eigenvalue weighted by Gasteiger charge is -2.29. The highest BCUT2D eigenvalue weighted by atomic mass is 16.5. The second-order valence-corrected chi connectivity index (χ2v) is 6.42. The normalized spacial score (nSPS) is 22.7. The van der Waals surface area contributed by atoms with E-state index < -0.39 is 0 Å². The van der Waals surface area contributed by atoms with Crippen LogP contribution in [0.2, 0.25) is 0 Å². The first-order valence-electron chi connectivity index (χ1n) is 8.25. The molecule has 1 aromatic carbocycles. The standard InChI is InChI=1S/C18H21N3O2/c1-12-10-21-11-13(6-7-17(21)19-12)20-18(22)15-8-9-23-16-5-3-2-4-14(15)16/h2-5,10,13,15H,6-9,11H2,1H3,(H,20,22). The van der Waals surface area contributed by atoms with E-state index >= 15 is 0 Å². The van der Waals surface area contributed by atoms with E-state index in [1.54, 1.807) is 0 Å². The molecule has 23 heavy (non-hydrogen) atoms. The fraction of sp³-hybridized carbons (Fsp3) is 0.444. The first kappa shape index (κ1) is 14.3. The molecule has 0 spiro atoms. The number of hydrogen-bond donors (Lipinski definition) is 1.